The second kappa shape index (κ2) is 5.71. The number of aromatic nitrogens is 1. The first kappa shape index (κ1) is 13.8. The Morgan fingerprint density at radius 3 is 3.05 bits per heavy atom. The number of hydrogen-bond acceptors (Lipinski definition) is 5. The zero-order chi connectivity index (χ0) is 14.8. The molecule has 1 aromatic carbocycles. The van der Waals surface area contributed by atoms with E-state index in [1.165, 1.54) is 0 Å². The average molecular weight is 349 g/mol. The number of nitrogen functional groups attached to an aromatic ring is 1. The number of carbonyl (C=O) groups is 1. The minimum atomic E-state index is -0.103. The number of benzene rings is 1. The van der Waals surface area contributed by atoms with Gasteiger partial charge in [-0.25, -0.2) is 0 Å². The minimum absolute atomic E-state index is 0.0312. The highest BCUT2D eigenvalue weighted by molar-refractivity contribution is 9.10. The summed E-state index contributed by atoms with van der Waals surface area (Å²) in [4.78, 5) is 18.1. The van der Waals surface area contributed by atoms with Gasteiger partial charge < -0.3 is 10.2 Å². The predicted molar refractivity (Wildman–Crippen MR) is 82.9 cm³/mol. The third kappa shape index (κ3) is 2.84. The highest BCUT2D eigenvalue weighted by Gasteiger charge is 2.26. The van der Waals surface area contributed by atoms with Crippen LogP contribution >= 0.6 is 15.9 Å². The molecule has 2 aromatic rings. The Labute approximate surface area is 130 Å². The van der Waals surface area contributed by atoms with Crippen LogP contribution in [0.15, 0.2) is 41.0 Å². The van der Waals surface area contributed by atoms with Gasteiger partial charge in [0.2, 0.25) is 0 Å². The lowest BCUT2D eigenvalue weighted by molar-refractivity contribution is -0.121. The van der Waals surface area contributed by atoms with Gasteiger partial charge in [-0.05, 0) is 30.3 Å². The number of rotatable bonds is 3. The molecule has 0 bridgehead atoms. The zero-order valence-electron chi connectivity index (χ0n) is 11.0. The standard InChI is InChI=1S/C14H13BrN4O2/c15-9-1-2-13-12(5-9)19(14(20)8-21-13)7-11-6-10(18-16)3-4-17-11/h1-6H,7-8,16H2,(H,17,18). The van der Waals surface area contributed by atoms with Gasteiger partial charge in [0.25, 0.3) is 5.91 Å². The van der Waals surface area contributed by atoms with E-state index in [2.05, 4.69) is 26.3 Å². The fraction of sp³-hybridized carbons (Fsp3) is 0.143. The number of hydrogen-bond donors (Lipinski definition) is 2. The first-order chi connectivity index (χ1) is 10.2. The Morgan fingerprint density at radius 1 is 1.38 bits per heavy atom. The number of nitrogens with zero attached hydrogens (tertiary/aromatic N) is 2. The molecule has 6 nitrogen and oxygen atoms in total. The number of amides is 1. The molecule has 1 aromatic heterocycles. The summed E-state index contributed by atoms with van der Waals surface area (Å²) in [5, 5.41) is 0. The fourth-order valence-corrected chi connectivity index (χ4v) is 2.51. The molecular weight excluding hydrogens is 336 g/mol. The van der Waals surface area contributed by atoms with Gasteiger partial charge in [0.15, 0.2) is 6.61 Å². The van der Waals surface area contributed by atoms with Crippen LogP contribution in [0, 0.1) is 0 Å². The third-order valence-electron chi connectivity index (χ3n) is 3.17. The number of fused-ring (bicyclic) bond motifs is 1. The Hall–Kier alpha value is -2.12. The molecule has 3 N–H and O–H groups in total. The molecule has 1 aliphatic rings. The molecule has 0 unspecified atom stereocenters. The van der Waals surface area contributed by atoms with E-state index in [0.717, 1.165) is 21.5 Å². The molecule has 3 rings (SSSR count). The van der Waals surface area contributed by atoms with Crippen molar-refractivity contribution in [1.82, 2.24) is 4.98 Å². The molecule has 0 spiro atoms. The van der Waals surface area contributed by atoms with E-state index in [0.29, 0.717) is 12.3 Å². The third-order valence-corrected chi connectivity index (χ3v) is 3.66. The average Bonchev–Trinajstić information content (AvgIpc) is 2.50. The second-order valence-electron chi connectivity index (χ2n) is 4.56. The van der Waals surface area contributed by atoms with E-state index >= 15 is 0 Å². The van der Waals surface area contributed by atoms with Crippen LogP contribution in [-0.2, 0) is 11.3 Å². The summed E-state index contributed by atoms with van der Waals surface area (Å²) < 4.78 is 6.32. The Balaban J connectivity index is 1.94. The SMILES string of the molecule is NNc1ccnc(CN2C(=O)COc3ccc(Br)cc32)c1. The molecule has 0 saturated heterocycles. The molecule has 21 heavy (non-hydrogen) atoms. The lowest BCUT2D eigenvalue weighted by Gasteiger charge is -2.29. The molecule has 1 amide bonds. The lowest BCUT2D eigenvalue weighted by Crippen LogP contribution is -2.38. The van der Waals surface area contributed by atoms with Crippen LogP contribution in [0.3, 0.4) is 0 Å². The first-order valence-corrected chi connectivity index (χ1v) is 7.11. The minimum Gasteiger partial charge on any atom is -0.482 e. The Bertz CT molecular complexity index is 692. The van der Waals surface area contributed by atoms with Crippen LogP contribution in [0.25, 0.3) is 0 Å². The predicted octanol–water partition coefficient (Wildman–Crippen LogP) is 2.06. The summed E-state index contributed by atoms with van der Waals surface area (Å²) in [6, 6.07) is 9.14. The summed E-state index contributed by atoms with van der Waals surface area (Å²) in [7, 11) is 0. The van der Waals surface area contributed by atoms with Crippen LogP contribution < -0.4 is 20.9 Å². The largest absolute Gasteiger partial charge is 0.482 e. The molecule has 0 saturated carbocycles. The van der Waals surface area contributed by atoms with Crippen molar-refractivity contribution < 1.29 is 9.53 Å². The van der Waals surface area contributed by atoms with Gasteiger partial charge in [-0.1, -0.05) is 15.9 Å². The molecule has 0 aliphatic carbocycles. The van der Waals surface area contributed by atoms with E-state index < -0.39 is 0 Å². The summed E-state index contributed by atoms with van der Waals surface area (Å²) >= 11 is 3.41. The van der Waals surface area contributed by atoms with Crippen molar-refractivity contribution in [3.05, 3.63) is 46.7 Å². The van der Waals surface area contributed by atoms with Gasteiger partial charge in [0.1, 0.15) is 5.75 Å². The number of halogens is 1. The molecule has 7 heteroatoms. The number of nitrogens with two attached hydrogens (primary N) is 1. The number of hydrazine groups is 1. The Morgan fingerprint density at radius 2 is 2.24 bits per heavy atom. The molecular formula is C14H13BrN4O2. The van der Waals surface area contributed by atoms with Crippen LogP contribution in [0.2, 0.25) is 0 Å². The smallest absolute Gasteiger partial charge is 0.265 e. The van der Waals surface area contributed by atoms with Crippen LogP contribution in [0.1, 0.15) is 5.69 Å². The van der Waals surface area contributed by atoms with Crippen LogP contribution in [-0.4, -0.2) is 17.5 Å². The topological polar surface area (TPSA) is 80.5 Å². The maximum absolute atomic E-state index is 12.1. The van der Waals surface area contributed by atoms with Crippen molar-refractivity contribution in [2.24, 2.45) is 5.84 Å². The van der Waals surface area contributed by atoms with Gasteiger partial charge in [-0.3, -0.25) is 20.5 Å². The van der Waals surface area contributed by atoms with Crippen molar-refractivity contribution in [3.63, 3.8) is 0 Å². The van der Waals surface area contributed by atoms with Crippen molar-refractivity contribution in [2.75, 3.05) is 16.9 Å². The van der Waals surface area contributed by atoms with Gasteiger partial charge in [-0.15, -0.1) is 0 Å². The van der Waals surface area contributed by atoms with E-state index in [1.807, 2.05) is 18.2 Å². The van der Waals surface area contributed by atoms with E-state index in [-0.39, 0.29) is 12.5 Å². The van der Waals surface area contributed by atoms with Crippen molar-refractivity contribution >= 4 is 33.2 Å². The summed E-state index contributed by atoms with van der Waals surface area (Å²) in [6.45, 7) is 0.393. The van der Waals surface area contributed by atoms with Crippen LogP contribution in [0.5, 0.6) is 5.75 Å². The van der Waals surface area contributed by atoms with Crippen LogP contribution in [0.4, 0.5) is 11.4 Å². The highest BCUT2D eigenvalue weighted by atomic mass is 79.9. The monoisotopic (exact) mass is 348 g/mol. The Kier molecular flexibility index (Phi) is 3.76. The summed E-state index contributed by atoms with van der Waals surface area (Å²) in [5.41, 5.74) is 4.79. The quantitative estimate of drug-likeness (QED) is 0.655. The zero-order valence-corrected chi connectivity index (χ0v) is 12.6. The van der Waals surface area contributed by atoms with Gasteiger partial charge >= 0.3 is 0 Å². The molecule has 108 valence electrons. The molecule has 0 radical (unpaired) electrons. The lowest BCUT2D eigenvalue weighted by atomic mass is 10.2. The van der Waals surface area contributed by atoms with Crippen molar-refractivity contribution in [2.45, 2.75) is 6.54 Å². The van der Waals surface area contributed by atoms with Gasteiger partial charge in [0.05, 0.1) is 23.6 Å². The molecule has 0 fully saturated rings. The first-order valence-electron chi connectivity index (χ1n) is 6.31. The maximum Gasteiger partial charge on any atom is 0.265 e. The highest BCUT2D eigenvalue weighted by Crippen LogP contribution is 2.35. The van der Waals surface area contributed by atoms with Crippen molar-refractivity contribution in [1.29, 1.82) is 0 Å². The van der Waals surface area contributed by atoms with Crippen molar-refractivity contribution in [3.8, 4) is 5.75 Å². The van der Waals surface area contributed by atoms with E-state index in [1.54, 1.807) is 23.2 Å². The normalized spacial score (nSPS) is 13.6. The summed E-state index contributed by atoms with van der Waals surface area (Å²) in [5.74, 6) is 5.97. The van der Waals surface area contributed by atoms with Gasteiger partial charge in [0, 0.05) is 10.7 Å². The fourth-order valence-electron chi connectivity index (χ4n) is 2.17. The number of pyridine rings is 1. The number of ether oxygens (including phenoxy) is 1. The van der Waals surface area contributed by atoms with E-state index in [4.69, 9.17) is 10.6 Å². The van der Waals surface area contributed by atoms with Gasteiger partial charge in [-0.2, -0.15) is 0 Å². The maximum atomic E-state index is 12.1. The number of carbonyl (C=O) groups excluding carboxylic acids is 1. The molecule has 1 aliphatic heterocycles. The number of anilines is 2. The van der Waals surface area contributed by atoms with E-state index in [9.17, 15) is 4.79 Å². The summed E-state index contributed by atoms with van der Waals surface area (Å²) in [6.07, 6.45) is 1.65. The molecule has 0 atom stereocenters. The number of nitrogens with one attached hydrogen (secondary N) is 1. The second-order valence-corrected chi connectivity index (χ2v) is 5.48. The molecule has 2 heterocycles.